The van der Waals surface area contributed by atoms with Crippen LogP contribution >= 0.6 is 0 Å². The van der Waals surface area contributed by atoms with Crippen LogP contribution in [-0.4, -0.2) is 61.3 Å². The van der Waals surface area contributed by atoms with Crippen LogP contribution in [0, 0.1) is 0 Å². The lowest BCUT2D eigenvalue weighted by molar-refractivity contribution is -0.151. The second-order valence-electron chi connectivity index (χ2n) is 8.76. The first-order valence-corrected chi connectivity index (χ1v) is 13.0. The van der Waals surface area contributed by atoms with Gasteiger partial charge in [-0.3, -0.25) is 4.79 Å². The summed E-state index contributed by atoms with van der Waals surface area (Å²) in [7, 11) is -3.50. The Kier molecular flexibility index (Phi) is 8.48. The summed E-state index contributed by atoms with van der Waals surface area (Å²) in [5.74, 6) is -0.772. The summed E-state index contributed by atoms with van der Waals surface area (Å²) in [4.78, 5) is 26.6. The molecule has 0 radical (unpaired) electrons. The molecule has 1 aromatic carbocycles. The van der Waals surface area contributed by atoms with Crippen molar-refractivity contribution in [2.24, 2.45) is 0 Å². The van der Waals surface area contributed by atoms with Crippen LogP contribution in [0.1, 0.15) is 64.4 Å². The number of rotatable bonds is 6. The molecule has 0 bridgehead atoms. The highest BCUT2D eigenvalue weighted by atomic mass is 32.2. The molecule has 2 unspecified atom stereocenters. The molecular formula is C24H34N2O5S. The van der Waals surface area contributed by atoms with Crippen molar-refractivity contribution >= 4 is 28.0 Å². The van der Waals surface area contributed by atoms with Gasteiger partial charge in [0.25, 0.3) is 5.91 Å². The summed E-state index contributed by atoms with van der Waals surface area (Å²) in [6, 6.07) is 6.77. The van der Waals surface area contributed by atoms with Gasteiger partial charge in [-0.05, 0) is 69.7 Å². The van der Waals surface area contributed by atoms with Crippen LogP contribution < -0.4 is 0 Å². The van der Waals surface area contributed by atoms with E-state index in [1.54, 1.807) is 34.6 Å². The Morgan fingerprint density at radius 3 is 2.16 bits per heavy atom. The molecule has 7 nitrogen and oxygen atoms in total. The average Bonchev–Trinajstić information content (AvgIpc) is 3.07. The summed E-state index contributed by atoms with van der Waals surface area (Å²) >= 11 is 0. The number of amides is 1. The lowest BCUT2D eigenvalue weighted by Crippen LogP contribution is -2.49. The summed E-state index contributed by atoms with van der Waals surface area (Å²) in [6.45, 7) is 4.88. The van der Waals surface area contributed by atoms with Crippen LogP contribution in [0.25, 0.3) is 6.08 Å². The van der Waals surface area contributed by atoms with Crippen molar-refractivity contribution in [1.82, 2.24) is 9.21 Å². The third-order valence-corrected chi connectivity index (χ3v) is 8.23. The predicted molar refractivity (Wildman–Crippen MR) is 123 cm³/mol. The lowest BCUT2D eigenvalue weighted by Gasteiger charge is -2.38. The van der Waals surface area contributed by atoms with Gasteiger partial charge in [0.1, 0.15) is 0 Å². The second kappa shape index (κ2) is 11.1. The summed E-state index contributed by atoms with van der Waals surface area (Å²) < 4.78 is 32.4. The van der Waals surface area contributed by atoms with E-state index in [-0.39, 0.29) is 29.5 Å². The first-order valence-electron chi connectivity index (χ1n) is 11.6. The zero-order valence-corrected chi connectivity index (χ0v) is 19.9. The van der Waals surface area contributed by atoms with Crippen molar-refractivity contribution in [3.63, 3.8) is 0 Å². The Hall–Kier alpha value is -2.19. The van der Waals surface area contributed by atoms with Gasteiger partial charge >= 0.3 is 5.97 Å². The van der Waals surface area contributed by atoms with E-state index in [0.29, 0.717) is 18.7 Å². The minimum absolute atomic E-state index is 0.157. The van der Waals surface area contributed by atoms with Gasteiger partial charge in [0, 0.05) is 31.2 Å². The van der Waals surface area contributed by atoms with E-state index in [2.05, 4.69) is 0 Å². The SMILES string of the molecule is CC1CCCC(C)N1C(=O)COC(=O)C=Cc1ccc(S(=O)(=O)N2CCCCCC2)cc1. The molecule has 0 N–H and O–H groups in total. The fourth-order valence-electron chi connectivity index (χ4n) is 4.51. The highest BCUT2D eigenvalue weighted by Gasteiger charge is 2.29. The van der Waals surface area contributed by atoms with Crippen LogP contribution in [0.2, 0.25) is 0 Å². The molecule has 3 rings (SSSR count). The van der Waals surface area contributed by atoms with Crippen molar-refractivity contribution in [3.8, 4) is 0 Å². The van der Waals surface area contributed by atoms with E-state index in [1.165, 1.54) is 6.08 Å². The maximum atomic E-state index is 12.8. The number of benzene rings is 1. The molecule has 1 amide bonds. The predicted octanol–water partition coefficient (Wildman–Crippen LogP) is 3.60. The van der Waals surface area contributed by atoms with Gasteiger partial charge in [-0.1, -0.05) is 25.0 Å². The van der Waals surface area contributed by atoms with E-state index in [1.807, 2.05) is 18.7 Å². The molecule has 0 saturated carbocycles. The van der Waals surface area contributed by atoms with Gasteiger partial charge < -0.3 is 9.64 Å². The number of sulfonamides is 1. The van der Waals surface area contributed by atoms with Crippen molar-refractivity contribution in [1.29, 1.82) is 0 Å². The second-order valence-corrected chi connectivity index (χ2v) is 10.7. The van der Waals surface area contributed by atoms with E-state index in [4.69, 9.17) is 4.74 Å². The zero-order chi connectivity index (χ0) is 23.1. The summed E-state index contributed by atoms with van der Waals surface area (Å²) in [5.41, 5.74) is 0.682. The van der Waals surface area contributed by atoms with Crippen LogP contribution in [-0.2, 0) is 24.3 Å². The normalized spacial score (nSPS) is 23.1. The molecule has 0 spiro atoms. The summed E-state index contributed by atoms with van der Waals surface area (Å²) in [5, 5.41) is 0. The van der Waals surface area contributed by atoms with E-state index < -0.39 is 16.0 Å². The molecule has 2 heterocycles. The number of esters is 1. The maximum Gasteiger partial charge on any atom is 0.331 e. The van der Waals surface area contributed by atoms with E-state index in [9.17, 15) is 18.0 Å². The van der Waals surface area contributed by atoms with Crippen molar-refractivity contribution in [3.05, 3.63) is 35.9 Å². The Labute approximate surface area is 191 Å². The fourth-order valence-corrected chi connectivity index (χ4v) is 6.03. The summed E-state index contributed by atoms with van der Waals surface area (Å²) in [6.07, 6.45) is 9.76. The quantitative estimate of drug-likeness (QED) is 0.476. The molecule has 2 aliphatic heterocycles. The average molecular weight is 463 g/mol. The van der Waals surface area contributed by atoms with E-state index >= 15 is 0 Å². The molecular weight excluding hydrogens is 428 g/mol. The molecule has 0 aromatic heterocycles. The molecule has 1 aromatic rings. The monoisotopic (exact) mass is 462 g/mol. The van der Waals surface area contributed by atoms with Gasteiger partial charge in [0.15, 0.2) is 6.61 Å². The molecule has 2 atom stereocenters. The zero-order valence-electron chi connectivity index (χ0n) is 19.0. The lowest BCUT2D eigenvalue weighted by atomic mass is 9.97. The number of nitrogens with zero attached hydrogens (tertiary/aromatic N) is 2. The molecule has 2 fully saturated rings. The number of hydrogen-bond acceptors (Lipinski definition) is 5. The van der Waals surface area contributed by atoms with Crippen molar-refractivity contribution in [2.45, 2.75) is 75.8 Å². The number of hydrogen-bond donors (Lipinski definition) is 0. The maximum absolute atomic E-state index is 12.8. The van der Waals surface area contributed by atoms with Crippen molar-refractivity contribution in [2.75, 3.05) is 19.7 Å². The number of likely N-dealkylation sites (tertiary alicyclic amines) is 1. The number of ether oxygens (including phenoxy) is 1. The van der Waals surface area contributed by atoms with Crippen LogP contribution in [0.15, 0.2) is 35.2 Å². The van der Waals surface area contributed by atoms with Gasteiger partial charge in [-0.2, -0.15) is 4.31 Å². The molecule has 176 valence electrons. The smallest absolute Gasteiger partial charge is 0.331 e. The first kappa shape index (κ1) is 24.5. The van der Waals surface area contributed by atoms with Crippen LogP contribution in [0.4, 0.5) is 0 Å². The Bertz CT molecular complexity index is 908. The van der Waals surface area contributed by atoms with Gasteiger partial charge in [0.05, 0.1) is 4.90 Å². The standard InChI is InChI=1S/C24H34N2O5S/c1-19-8-7-9-20(2)26(19)23(27)18-31-24(28)15-12-21-10-13-22(14-11-21)32(29,30)25-16-5-3-4-6-17-25/h10-15,19-20H,3-9,16-18H2,1-2H3. The van der Waals surface area contributed by atoms with Gasteiger partial charge in [-0.25, -0.2) is 13.2 Å². The highest BCUT2D eigenvalue weighted by Crippen LogP contribution is 2.23. The molecule has 2 aliphatic rings. The topological polar surface area (TPSA) is 84.0 Å². The van der Waals surface area contributed by atoms with Crippen LogP contribution in [0.5, 0.6) is 0 Å². The minimum Gasteiger partial charge on any atom is -0.452 e. The largest absolute Gasteiger partial charge is 0.452 e. The molecule has 2 saturated heterocycles. The Morgan fingerprint density at radius 2 is 1.56 bits per heavy atom. The van der Waals surface area contributed by atoms with Gasteiger partial charge in [0.2, 0.25) is 10.0 Å². The van der Waals surface area contributed by atoms with E-state index in [0.717, 1.165) is 44.9 Å². The third-order valence-electron chi connectivity index (χ3n) is 6.31. The highest BCUT2D eigenvalue weighted by molar-refractivity contribution is 7.89. The van der Waals surface area contributed by atoms with Crippen LogP contribution in [0.3, 0.4) is 0 Å². The van der Waals surface area contributed by atoms with Gasteiger partial charge in [-0.15, -0.1) is 0 Å². The minimum atomic E-state index is -3.50. The fraction of sp³-hybridized carbons (Fsp3) is 0.583. The first-order chi connectivity index (χ1) is 15.3. The molecule has 0 aliphatic carbocycles. The third kappa shape index (κ3) is 6.19. The molecule has 8 heteroatoms. The number of carbonyl (C=O) groups excluding carboxylic acids is 2. The number of piperidine rings is 1. The Balaban J connectivity index is 1.53. The number of carbonyl (C=O) groups is 2. The van der Waals surface area contributed by atoms with Crippen molar-refractivity contribution < 1.29 is 22.7 Å². The molecule has 32 heavy (non-hydrogen) atoms. The Morgan fingerprint density at radius 1 is 0.969 bits per heavy atom.